The fourth-order valence-corrected chi connectivity index (χ4v) is 1.38. The summed E-state index contributed by atoms with van der Waals surface area (Å²) in [5.74, 6) is -3.49. The highest BCUT2D eigenvalue weighted by molar-refractivity contribution is 5.63. The molecule has 0 aliphatic carbocycles. The van der Waals surface area contributed by atoms with Gasteiger partial charge in [-0.05, 0) is 29.8 Å². The molecule has 0 aromatic heterocycles. The standard InChI is InChI=1S/C12H5F4/c13-8-1-2-11(12(16)6-8)7-3-9(14)5-10(15)4-7/h1-5H. The van der Waals surface area contributed by atoms with Gasteiger partial charge in [0.2, 0.25) is 0 Å². The van der Waals surface area contributed by atoms with Crippen molar-refractivity contribution in [2.45, 2.75) is 0 Å². The molecule has 0 N–H and O–H groups in total. The molecular formula is C12H5F4. The second-order valence-electron chi connectivity index (χ2n) is 3.19. The van der Waals surface area contributed by atoms with Gasteiger partial charge in [0.25, 0.3) is 0 Å². The Bertz CT molecular complexity index is 514. The van der Waals surface area contributed by atoms with Gasteiger partial charge in [-0.25, -0.2) is 17.6 Å². The minimum atomic E-state index is -0.981. The van der Waals surface area contributed by atoms with E-state index < -0.39 is 23.3 Å². The van der Waals surface area contributed by atoms with Crippen LogP contribution in [-0.4, -0.2) is 0 Å². The van der Waals surface area contributed by atoms with Crippen LogP contribution in [0.15, 0.2) is 30.3 Å². The molecule has 4 heteroatoms. The predicted octanol–water partition coefficient (Wildman–Crippen LogP) is 3.71. The Balaban J connectivity index is 2.58. The highest BCUT2D eigenvalue weighted by Crippen LogP contribution is 2.24. The molecule has 0 nitrogen and oxygen atoms in total. The second-order valence-corrected chi connectivity index (χ2v) is 3.19. The summed E-state index contributed by atoms with van der Waals surface area (Å²) < 4.78 is 51.6. The SMILES string of the molecule is Fc1[c]c(F)c(-c2cc(F)cc(F)c2)cc1. The first-order chi connectivity index (χ1) is 7.56. The molecule has 16 heavy (non-hydrogen) atoms. The zero-order valence-corrected chi connectivity index (χ0v) is 7.90. The molecule has 1 radical (unpaired) electrons. The van der Waals surface area contributed by atoms with Crippen molar-refractivity contribution in [2.75, 3.05) is 0 Å². The van der Waals surface area contributed by atoms with E-state index in [1.807, 2.05) is 0 Å². The molecule has 2 aromatic carbocycles. The number of hydrogen-bond acceptors (Lipinski definition) is 0. The van der Waals surface area contributed by atoms with E-state index in [1.165, 1.54) is 0 Å². The quantitative estimate of drug-likeness (QED) is 0.649. The number of halogens is 4. The highest BCUT2D eigenvalue weighted by atomic mass is 19.1. The van der Waals surface area contributed by atoms with Gasteiger partial charge in [0.15, 0.2) is 0 Å². The van der Waals surface area contributed by atoms with E-state index in [0.29, 0.717) is 6.07 Å². The summed E-state index contributed by atoms with van der Waals surface area (Å²) in [5, 5.41) is 0. The summed E-state index contributed by atoms with van der Waals surface area (Å²) in [6, 6.07) is 6.48. The van der Waals surface area contributed by atoms with E-state index in [2.05, 4.69) is 0 Å². The first-order valence-electron chi connectivity index (χ1n) is 4.40. The molecule has 0 amide bonds. The third kappa shape index (κ3) is 2.05. The molecule has 2 rings (SSSR count). The Labute approximate surface area is 89.2 Å². The van der Waals surface area contributed by atoms with Crippen molar-refractivity contribution in [1.82, 2.24) is 0 Å². The highest BCUT2D eigenvalue weighted by Gasteiger charge is 2.09. The van der Waals surface area contributed by atoms with Gasteiger partial charge in [0.05, 0.1) is 6.07 Å². The fourth-order valence-electron chi connectivity index (χ4n) is 1.38. The lowest BCUT2D eigenvalue weighted by molar-refractivity contribution is 0.578. The van der Waals surface area contributed by atoms with Gasteiger partial charge >= 0.3 is 0 Å². The molecule has 0 atom stereocenters. The van der Waals surface area contributed by atoms with Crippen molar-refractivity contribution < 1.29 is 17.6 Å². The van der Waals surface area contributed by atoms with Crippen LogP contribution in [0.25, 0.3) is 11.1 Å². The zero-order valence-electron chi connectivity index (χ0n) is 7.90. The zero-order chi connectivity index (χ0) is 11.7. The lowest BCUT2D eigenvalue weighted by Crippen LogP contribution is -1.89. The largest absolute Gasteiger partial charge is 0.207 e. The Hall–Kier alpha value is -1.84. The van der Waals surface area contributed by atoms with E-state index in [0.717, 1.165) is 24.3 Å². The van der Waals surface area contributed by atoms with E-state index in [1.54, 1.807) is 6.07 Å². The van der Waals surface area contributed by atoms with E-state index >= 15 is 0 Å². The molecule has 0 fully saturated rings. The van der Waals surface area contributed by atoms with Gasteiger partial charge in [-0.2, -0.15) is 0 Å². The van der Waals surface area contributed by atoms with Crippen molar-refractivity contribution >= 4 is 0 Å². The average molecular weight is 225 g/mol. The molecule has 0 saturated carbocycles. The van der Waals surface area contributed by atoms with Crippen molar-refractivity contribution in [2.24, 2.45) is 0 Å². The molecule has 0 unspecified atom stereocenters. The van der Waals surface area contributed by atoms with Gasteiger partial charge in [-0.3, -0.25) is 0 Å². The third-order valence-electron chi connectivity index (χ3n) is 2.04. The summed E-state index contributed by atoms with van der Waals surface area (Å²) in [6.07, 6.45) is 0. The third-order valence-corrected chi connectivity index (χ3v) is 2.04. The van der Waals surface area contributed by atoms with Crippen LogP contribution >= 0.6 is 0 Å². The molecule has 0 spiro atoms. The van der Waals surface area contributed by atoms with Crippen LogP contribution in [-0.2, 0) is 0 Å². The summed E-state index contributed by atoms with van der Waals surface area (Å²) >= 11 is 0. The molecule has 0 saturated heterocycles. The van der Waals surface area contributed by atoms with Gasteiger partial charge in [-0.1, -0.05) is 0 Å². The molecule has 0 bridgehead atoms. The van der Waals surface area contributed by atoms with Gasteiger partial charge in [0, 0.05) is 11.6 Å². The fraction of sp³-hybridized carbons (Fsp3) is 0. The van der Waals surface area contributed by atoms with Crippen LogP contribution in [0.3, 0.4) is 0 Å². The lowest BCUT2D eigenvalue weighted by Gasteiger charge is -2.03. The van der Waals surface area contributed by atoms with Crippen molar-refractivity contribution in [3.63, 3.8) is 0 Å². The topological polar surface area (TPSA) is 0 Å². The monoisotopic (exact) mass is 225 g/mol. The lowest BCUT2D eigenvalue weighted by atomic mass is 10.0. The van der Waals surface area contributed by atoms with Crippen LogP contribution in [0.5, 0.6) is 0 Å². The first kappa shape index (κ1) is 10.7. The molecule has 0 aliphatic rings. The Morgan fingerprint density at radius 3 is 2.00 bits per heavy atom. The van der Waals surface area contributed by atoms with Crippen LogP contribution in [0.2, 0.25) is 0 Å². The minimum Gasteiger partial charge on any atom is -0.207 e. The summed E-state index contributed by atoms with van der Waals surface area (Å²) in [4.78, 5) is 0. The second kappa shape index (κ2) is 3.96. The predicted molar refractivity (Wildman–Crippen MR) is 50.5 cm³/mol. The van der Waals surface area contributed by atoms with Crippen molar-refractivity contribution in [3.8, 4) is 11.1 Å². The number of rotatable bonds is 1. The summed E-state index contributed by atoms with van der Waals surface area (Å²) in [7, 11) is 0. The number of hydrogen-bond donors (Lipinski definition) is 0. The molecule has 0 heterocycles. The van der Waals surface area contributed by atoms with Gasteiger partial charge in [0.1, 0.15) is 23.3 Å². The maximum absolute atomic E-state index is 13.3. The normalized spacial score (nSPS) is 10.5. The molecule has 0 aliphatic heterocycles. The van der Waals surface area contributed by atoms with Gasteiger partial charge in [-0.15, -0.1) is 0 Å². The minimum absolute atomic E-state index is 0.00579. The van der Waals surface area contributed by atoms with E-state index in [-0.39, 0.29) is 11.1 Å². The average Bonchev–Trinajstić information content (AvgIpc) is 2.15. The molecule has 81 valence electrons. The maximum atomic E-state index is 13.3. The maximum Gasteiger partial charge on any atom is 0.142 e. The van der Waals surface area contributed by atoms with Gasteiger partial charge < -0.3 is 0 Å². The van der Waals surface area contributed by atoms with Crippen LogP contribution in [0, 0.1) is 29.3 Å². The Kier molecular flexibility index (Phi) is 2.64. The Morgan fingerprint density at radius 2 is 1.44 bits per heavy atom. The van der Waals surface area contributed by atoms with Crippen LogP contribution in [0.4, 0.5) is 17.6 Å². The molecule has 2 aromatic rings. The summed E-state index contributed by atoms with van der Waals surface area (Å²) in [6.45, 7) is 0. The van der Waals surface area contributed by atoms with E-state index in [4.69, 9.17) is 0 Å². The van der Waals surface area contributed by atoms with E-state index in [9.17, 15) is 17.6 Å². The molecular weight excluding hydrogens is 220 g/mol. The first-order valence-corrected chi connectivity index (χ1v) is 4.40. The number of benzene rings is 2. The van der Waals surface area contributed by atoms with Crippen molar-refractivity contribution in [3.05, 3.63) is 59.7 Å². The smallest absolute Gasteiger partial charge is 0.142 e. The van der Waals surface area contributed by atoms with Crippen LogP contribution < -0.4 is 0 Å². The van der Waals surface area contributed by atoms with Crippen molar-refractivity contribution in [1.29, 1.82) is 0 Å². The Morgan fingerprint density at radius 1 is 0.812 bits per heavy atom. The summed E-state index contributed by atoms with van der Waals surface area (Å²) in [5.41, 5.74) is -0.0916. The van der Waals surface area contributed by atoms with Crippen LogP contribution in [0.1, 0.15) is 0 Å².